The fourth-order valence-electron chi connectivity index (χ4n) is 1.79. The largest absolute Gasteiger partial charge is 0.380 e. The van der Waals surface area contributed by atoms with E-state index in [-0.39, 0.29) is 5.91 Å². The van der Waals surface area contributed by atoms with Crippen LogP contribution in [-0.4, -0.2) is 31.5 Å². The van der Waals surface area contributed by atoms with Crippen LogP contribution in [0.3, 0.4) is 0 Å². The normalized spacial score (nSPS) is 10.4. The minimum Gasteiger partial charge on any atom is -0.380 e. The molecule has 3 nitrogen and oxygen atoms in total. The van der Waals surface area contributed by atoms with Crippen LogP contribution < -0.4 is 5.32 Å². The number of carbonyl (C=O) groups is 1. The lowest BCUT2D eigenvalue weighted by Gasteiger charge is -2.10. The highest BCUT2D eigenvalue weighted by Crippen LogP contribution is 2.12. The summed E-state index contributed by atoms with van der Waals surface area (Å²) in [5.74, 6) is 0.498. The maximum absolute atomic E-state index is 12.0. The summed E-state index contributed by atoms with van der Waals surface area (Å²) in [5, 5.41) is 2.91. The summed E-state index contributed by atoms with van der Waals surface area (Å²) in [6.45, 7) is 5.71. The number of nitrogens with one attached hydrogen (secondary N) is 1. The molecule has 0 heterocycles. The summed E-state index contributed by atoms with van der Waals surface area (Å²) in [7, 11) is 0. The van der Waals surface area contributed by atoms with Gasteiger partial charge in [0.2, 0.25) is 0 Å². The van der Waals surface area contributed by atoms with Crippen molar-refractivity contribution in [1.29, 1.82) is 0 Å². The second kappa shape index (κ2) is 8.11. The number of hydrogen-bond donors (Lipinski definition) is 1. The molecule has 1 rings (SSSR count). The summed E-state index contributed by atoms with van der Waals surface area (Å²) in [6.07, 6.45) is 0.799. The van der Waals surface area contributed by atoms with Crippen LogP contribution in [0.4, 0.5) is 0 Å². The second-order valence-electron chi connectivity index (χ2n) is 4.18. The number of ether oxygens (including phenoxy) is 1. The molecule has 0 atom stereocenters. The van der Waals surface area contributed by atoms with Gasteiger partial charge in [-0.05, 0) is 31.4 Å². The molecule has 0 spiro atoms. The average Bonchev–Trinajstić information content (AvgIpc) is 2.33. The number of alkyl halides is 1. The number of aryl methyl sites for hydroxylation is 2. The first-order valence-electron chi connectivity index (χ1n) is 6.15. The van der Waals surface area contributed by atoms with Crippen LogP contribution in [-0.2, 0) is 4.74 Å². The Morgan fingerprint density at radius 2 is 1.94 bits per heavy atom. The summed E-state index contributed by atoms with van der Waals surface area (Å²) in [4.78, 5) is 12.0. The molecule has 0 unspecified atom stereocenters. The van der Waals surface area contributed by atoms with Gasteiger partial charge < -0.3 is 10.1 Å². The summed E-state index contributed by atoms with van der Waals surface area (Å²) < 4.78 is 5.23. The van der Waals surface area contributed by atoms with Gasteiger partial charge in [-0.1, -0.05) is 18.2 Å². The van der Waals surface area contributed by atoms with Crippen LogP contribution in [0.5, 0.6) is 0 Å². The molecular weight excluding hydrogens is 250 g/mol. The maximum Gasteiger partial charge on any atom is 0.251 e. The van der Waals surface area contributed by atoms with Crippen molar-refractivity contribution in [1.82, 2.24) is 5.32 Å². The molecule has 1 amide bonds. The summed E-state index contributed by atoms with van der Waals surface area (Å²) in [6, 6.07) is 5.86. The van der Waals surface area contributed by atoms with E-state index >= 15 is 0 Å². The highest BCUT2D eigenvalue weighted by Gasteiger charge is 2.10. The third kappa shape index (κ3) is 4.67. The third-order valence-corrected chi connectivity index (χ3v) is 2.83. The summed E-state index contributed by atoms with van der Waals surface area (Å²) >= 11 is 5.48. The zero-order valence-electron chi connectivity index (χ0n) is 11.0. The van der Waals surface area contributed by atoms with Crippen molar-refractivity contribution in [3.05, 3.63) is 34.9 Å². The Balaban J connectivity index is 2.37. The van der Waals surface area contributed by atoms with Crippen LogP contribution in [0.25, 0.3) is 0 Å². The quantitative estimate of drug-likeness (QED) is 0.611. The van der Waals surface area contributed by atoms with E-state index in [1.165, 1.54) is 0 Å². The monoisotopic (exact) mass is 269 g/mol. The number of benzene rings is 1. The Morgan fingerprint density at radius 3 is 2.56 bits per heavy atom. The predicted molar refractivity (Wildman–Crippen MR) is 74.4 cm³/mol. The van der Waals surface area contributed by atoms with Gasteiger partial charge in [-0.15, -0.1) is 11.6 Å². The molecule has 1 aromatic rings. The molecule has 0 aliphatic rings. The lowest BCUT2D eigenvalue weighted by molar-refractivity contribution is 0.0943. The van der Waals surface area contributed by atoms with Gasteiger partial charge in [0.25, 0.3) is 5.91 Å². The number of halogens is 1. The molecule has 0 saturated heterocycles. The Kier molecular flexibility index (Phi) is 6.76. The van der Waals surface area contributed by atoms with E-state index < -0.39 is 0 Å². The van der Waals surface area contributed by atoms with Crippen molar-refractivity contribution < 1.29 is 9.53 Å². The molecule has 0 aliphatic carbocycles. The van der Waals surface area contributed by atoms with Crippen molar-refractivity contribution in [2.24, 2.45) is 0 Å². The van der Waals surface area contributed by atoms with Gasteiger partial charge in [-0.3, -0.25) is 4.79 Å². The molecule has 0 fully saturated rings. The molecule has 100 valence electrons. The van der Waals surface area contributed by atoms with Crippen LogP contribution in [0.15, 0.2) is 18.2 Å². The third-order valence-electron chi connectivity index (χ3n) is 2.68. The van der Waals surface area contributed by atoms with E-state index in [4.69, 9.17) is 16.3 Å². The minimum atomic E-state index is -0.0112. The number of hydrogen-bond acceptors (Lipinski definition) is 2. The highest BCUT2D eigenvalue weighted by molar-refractivity contribution is 6.17. The fraction of sp³-hybridized carbons (Fsp3) is 0.500. The van der Waals surface area contributed by atoms with E-state index in [0.717, 1.165) is 23.1 Å². The van der Waals surface area contributed by atoms with Crippen molar-refractivity contribution in [3.8, 4) is 0 Å². The molecule has 1 aromatic carbocycles. The molecule has 0 saturated carbocycles. The minimum absolute atomic E-state index is 0.0112. The van der Waals surface area contributed by atoms with Gasteiger partial charge in [-0.2, -0.15) is 0 Å². The van der Waals surface area contributed by atoms with Crippen molar-refractivity contribution in [2.45, 2.75) is 20.3 Å². The van der Waals surface area contributed by atoms with Gasteiger partial charge >= 0.3 is 0 Å². The van der Waals surface area contributed by atoms with Gasteiger partial charge in [0.1, 0.15) is 0 Å². The first-order chi connectivity index (χ1) is 8.66. The van der Waals surface area contributed by atoms with Crippen LogP contribution in [0.1, 0.15) is 27.9 Å². The first-order valence-corrected chi connectivity index (χ1v) is 6.68. The molecule has 18 heavy (non-hydrogen) atoms. The smallest absolute Gasteiger partial charge is 0.251 e. The highest BCUT2D eigenvalue weighted by atomic mass is 35.5. The molecule has 4 heteroatoms. The van der Waals surface area contributed by atoms with Crippen LogP contribution in [0, 0.1) is 13.8 Å². The Labute approximate surface area is 113 Å². The number of rotatable bonds is 7. The topological polar surface area (TPSA) is 38.3 Å². The molecular formula is C14H20ClNO2. The van der Waals surface area contributed by atoms with E-state index in [2.05, 4.69) is 5.32 Å². The Bertz CT molecular complexity index is 373. The molecule has 0 aliphatic heterocycles. The molecule has 1 N–H and O–H groups in total. The van der Waals surface area contributed by atoms with Crippen molar-refractivity contribution in [2.75, 3.05) is 25.6 Å². The van der Waals surface area contributed by atoms with Gasteiger partial charge in [0.05, 0.1) is 6.61 Å². The lowest BCUT2D eigenvalue weighted by atomic mass is 10.0. The molecule has 0 radical (unpaired) electrons. The van der Waals surface area contributed by atoms with Crippen LogP contribution >= 0.6 is 11.6 Å². The lowest BCUT2D eigenvalue weighted by Crippen LogP contribution is -2.26. The number of carbonyl (C=O) groups excluding carboxylic acids is 1. The Morgan fingerprint density at radius 1 is 1.28 bits per heavy atom. The predicted octanol–water partition coefficient (Wildman–Crippen LogP) is 2.68. The maximum atomic E-state index is 12.0. The molecule has 0 aromatic heterocycles. The zero-order valence-corrected chi connectivity index (χ0v) is 11.7. The fourth-order valence-corrected chi connectivity index (χ4v) is 1.90. The van der Waals surface area contributed by atoms with Gasteiger partial charge in [0, 0.05) is 24.6 Å². The van der Waals surface area contributed by atoms with E-state index in [9.17, 15) is 4.79 Å². The van der Waals surface area contributed by atoms with Gasteiger partial charge in [0.15, 0.2) is 0 Å². The van der Waals surface area contributed by atoms with E-state index in [0.29, 0.717) is 25.6 Å². The van der Waals surface area contributed by atoms with E-state index in [1.54, 1.807) is 0 Å². The second-order valence-corrected chi connectivity index (χ2v) is 4.56. The van der Waals surface area contributed by atoms with E-state index in [1.807, 2.05) is 32.0 Å². The van der Waals surface area contributed by atoms with Crippen molar-refractivity contribution >= 4 is 17.5 Å². The standard InChI is InChI=1S/C14H20ClNO2/c1-11-5-3-6-12(2)13(11)14(17)16-8-4-9-18-10-7-15/h3,5-6H,4,7-10H2,1-2H3,(H,16,17). The zero-order chi connectivity index (χ0) is 13.4. The van der Waals surface area contributed by atoms with Crippen LogP contribution in [0.2, 0.25) is 0 Å². The Hall–Kier alpha value is -1.06. The van der Waals surface area contributed by atoms with Crippen molar-refractivity contribution in [3.63, 3.8) is 0 Å². The first kappa shape index (κ1) is 15.0. The SMILES string of the molecule is Cc1cccc(C)c1C(=O)NCCCOCCCl. The van der Waals surface area contributed by atoms with Gasteiger partial charge in [-0.25, -0.2) is 0 Å². The average molecular weight is 270 g/mol. The molecule has 0 bridgehead atoms. The summed E-state index contributed by atoms with van der Waals surface area (Å²) in [5.41, 5.74) is 2.79. The number of amides is 1.